The van der Waals surface area contributed by atoms with Gasteiger partial charge in [-0.15, -0.1) is 0 Å². The minimum atomic E-state index is -0.785. The Labute approximate surface area is 706 Å². The van der Waals surface area contributed by atoms with Gasteiger partial charge in [-0.3, -0.25) is 19.2 Å². The smallest absolute Gasteiger partial charge is 0.343 e. The van der Waals surface area contributed by atoms with Crippen LogP contribution in [0.1, 0.15) is 137 Å². The molecule has 0 fully saturated rings. The van der Waals surface area contributed by atoms with Crippen molar-refractivity contribution in [1.29, 1.82) is 0 Å². The molecule has 628 valence electrons. The topological polar surface area (TPSA) is 316 Å². The lowest BCUT2D eigenvalue weighted by Gasteiger charge is -2.19. The van der Waals surface area contributed by atoms with Gasteiger partial charge in [0.15, 0.2) is 46.1 Å². The molecule has 0 aliphatic rings. The first-order valence-corrected chi connectivity index (χ1v) is 38.9. The minimum absolute atomic E-state index is 0.0673. The molecule has 24 nitrogen and oxygen atoms in total. The number of ketones is 4. The molecule has 0 aliphatic carbocycles. The molecule has 8 aromatic rings. The fourth-order valence-corrected chi connectivity index (χ4v) is 11.8. The van der Waals surface area contributed by atoms with Crippen LogP contribution in [0, 0.1) is 0 Å². The van der Waals surface area contributed by atoms with E-state index in [4.69, 9.17) is 56.8 Å². The molecule has 0 unspecified atom stereocenters. The average molecular weight is 1650 g/mol. The molecule has 0 saturated carbocycles. The maximum Gasteiger partial charge on any atom is 0.343 e. The van der Waals surface area contributed by atoms with Gasteiger partial charge in [0, 0.05) is 50.0 Å². The standard InChI is InChI=1S/C98H92O24/c1-9-77(99)59-69-25-27-71(57-75(69)61-79(101)11-3)95(107)119-81-39-29-65(30-40-81)93(67-33-43-83(44-34-67)121-97(109)73-37-47-85(111-49-17-21-53-115-89(103)13-5)87(63-73)113-51-19-23-55-117-91(105)15-7)94(66-31-41-82(42-32-66)120-96(108)72-28-26-70(60-78(100)10-2)76(58-72)62-80(102)12-4)68-35-45-84(46-36-68)122-98(110)74-38-48-86(112-50-18-22-54-116-90(104)14-6)88(64-74)114-52-20-24-56-118-92(106)16-8/h9-16,25-48,57-58,63-64H,1-8,17-24,49-56,59-62H2/b94-93-. The number of allylic oxidation sites excluding steroid dienone is 4. The Kier molecular flexibility index (Phi) is 36.9. The van der Waals surface area contributed by atoms with Crippen molar-refractivity contribution < 1.29 is 114 Å². The van der Waals surface area contributed by atoms with E-state index in [-0.39, 0.29) is 158 Å². The molecule has 0 aromatic heterocycles. The van der Waals surface area contributed by atoms with Crippen molar-refractivity contribution in [1.82, 2.24) is 0 Å². The monoisotopic (exact) mass is 1650 g/mol. The molecule has 24 heteroatoms. The molecule has 0 N–H and O–H groups in total. The second kappa shape index (κ2) is 48.7. The van der Waals surface area contributed by atoms with Gasteiger partial charge in [0.25, 0.3) is 0 Å². The second-order valence-corrected chi connectivity index (χ2v) is 26.8. The van der Waals surface area contributed by atoms with Gasteiger partial charge in [-0.2, -0.15) is 0 Å². The zero-order valence-electron chi connectivity index (χ0n) is 67.4. The molecule has 0 bridgehead atoms. The van der Waals surface area contributed by atoms with E-state index in [1.165, 1.54) is 60.7 Å². The SMILES string of the molecule is C=CC(=O)Cc1ccc(C(=O)Oc2ccc(/C(=C(\c3ccc(OC(=O)c4ccc(CC(=O)C=C)c(CC(=O)C=C)c4)cc3)c3ccc(OC(=O)c4ccc(OCCCCOC(=O)C=C)c(OCCCCOC(=O)C=C)c4)cc3)c3ccc(OC(=O)c4ccc(OCCCCOC(=O)C=C)c(OCCCCOC(=O)C=C)c4)cc3)cc2)cc1CC(=O)C=C. The summed E-state index contributed by atoms with van der Waals surface area (Å²) in [5.74, 6) is -5.16. The Balaban J connectivity index is 1.20. The van der Waals surface area contributed by atoms with Crippen molar-refractivity contribution >= 4 is 82.0 Å². The number of rotatable bonds is 52. The lowest BCUT2D eigenvalue weighted by atomic mass is 9.85. The summed E-state index contributed by atoms with van der Waals surface area (Å²) in [6, 6.07) is 44.5. The summed E-state index contributed by atoms with van der Waals surface area (Å²) in [6.07, 6.45) is 12.3. The first-order valence-electron chi connectivity index (χ1n) is 38.9. The summed E-state index contributed by atoms with van der Waals surface area (Å²) in [5.41, 5.74) is 5.27. The summed E-state index contributed by atoms with van der Waals surface area (Å²) in [5, 5.41) is 0. The van der Waals surface area contributed by atoms with E-state index in [0.29, 0.717) is 119 Å². The maximum absolute atomic E-state index is 14.3. The predicted octanol–water partition coefficient (Wildman–Crippen LogP) is 16.3. The summed E-state index contributed by atoms with van der Waals surface area (Å²) < 4.78 is 68.9. The first kappa shape index (κ1) is 92.6. The van der Waals surface area contributed by atoms with E-state index in [2.05, 4.69) is 52.6 Å². The Morgan fingerprint density at radius 2 is 0.434 bits per heavy atom. The van der Waals surface area contributed by atoms with E-state index in [1.54, 1.807) is 121 Å². The zero-order chi connectivity index (χ0) is 87.7. The largest absolute Gasteiger partial charge is 0.490 e. The number of unbranched alkanes of at least 4 members (excludes halogenated alkanes) is 4. The molecule has 0 amide bonds. The first-order chi connectivity index (χ1) is 59.0. The third-order valence-electron chi connectivity index (χ3n) is 18.1. The van der Waals surface area contributed by atoms with Crippen LogP contribution < -0.4 is 37.9 Å². The lowest BCUT2D eigenvalue weighted by Crippen LogP contribution is -2.12. The Bertz CT molecular complexity index is 4910. The number of carbonyl (C=O) groups is 12. The van der Waals surface area contributed by atoms with Gasteiger partial charge in [-0.25, -0.2) is 38.4 Å². The third-order valence-corrected chi connectivity index (χ3v) is 18.1. The Morgan fingerprint density at radius 1 is 0.221 bits per heavy atom. The van der Waals surface area contributed by atoms with Gasteiger partial charge in [0.2, 0.25) is 0 Å². The van der Waals surface area contributed by atoms with Gasteiger partial charge in [0.05, 0.1) is 75.1 Å². The van der Waals surface area contributed by atoms with Crippen molar-refractivity contribution in [2.24, 2.45) is 0 Å². The van der Waals surface area contributed by atoms with Crippen LogP contribution in [0.4, 0.5) is 0 Å². The van der Waals surface area contributed by atoms with Crippen LogP contribution >= 0.6 is 0 Å². The van der Waals surface area contributed by atoms with Crippen molar-refractivity contribution in [3.05, 3.63) is 338 Å². The highest BCUT2D eigenvalue weighted by atomic mass is 16.6. The highest BCUT2D eigenvalue weighted by molar-refractivity contribution is 6.06. The van der Waals surface area contributed by atoms with Crippen molar-refractivity contribution in [2.45, 2.75) is 77.0 Å². The van der Waals surface area contributed by atoms with E-state index in [0.717, 1.165) is 36.5 Å². The maximum atomic E-state index is 14.3. The van der Waals surface area contributed by atoms with Crippen LogP contribution in [0.5, 0.6) is 46.0 Å². The van der Waals surface area contributed by atoms with Gasteiger partial charge in [-0.1, -0.05) is 113 Å². The third kappa shape index (κ3) is 29.3. The van der Waals surface area contributed by atoms with Gasteiger partial charge in [0.1, 0.15) is 23.0 Å². The summed E-state index contributed by atoms with van der Waals surface area (Å²) in [6.45, 7) is 29.2. The molecular weight excluding hydrogens is 1560 g/mol. The predicted molar refractivity (Wildman–Crippen MR) is 456 cm³/mol. The number of ether oxygens (including phenoxy) is 12. The van der Waals surface area contributed by atoms with Crippen molar-refractivity contribution in [3.8, 4) is 46.0 Å². The fraction of sp³-hybridized carbons (Fsp3) is 0.204. The number of esters is 8. The van der Waals surface area contributed by atoms with E-state index >= 15 is 0 Å². The number of hydrogen-bond acceptors (Lipinski definition) is 24. The molecule has 0 heterocycles. The molecule has 0 aliphatic heterocycles. The molecule has 8 aromatic carbocycles. The highest BCUT2D eigenvalue weighted by Crippen LogP contribution is 2.40. The van der Waals surface area contributed by atoms with Crippen LogP contribution in [0.2, 0.25) is 0 Å². The second-order valence-electron chi connectivity index (χ2n) is 26.8. The summed E-state index contributed by atoms with van der Waals surface area (Å²) in [7, 11) is 0. The van der Waals surface area contributed by atoms with Crippen molar-refractivity contribution in [2.75, 3.05) is 52.9 Å². The minimum Gasteiger partial charge on any atom is -0.490 e. The molecule has 0 spiro atoms. The molecule has 0 radical (unpaired) electrons. The lowest BCUT2D eigenvalue weighted by molar-refractivity contribution is -0.138. The molecular formula is C98H92O24. The Morgan fingerprint density at radius 3 is 0.680 bits per heavy atom. The average Bonchev–Trinajstić information content (AvgIpc) is 0.776. The van der Waals surface area contributed by atoms with E-state index in [9.17, 15) is 57.5 Å². The van der Waals surface area contributed by atoms with Gasteiger partial charge < -0.3 is 56.8 Å². The van der Waals surface area contributed by atoms with Crippen LogP contribution in [0.15, 0.2) is 271 Å². The quantitative estimate of drug-likeness (QED) is 0.00853. The van der Waals surface area contributed by atoms with Crippen LogP contribution in [0.25, 0.3) is 11.1 Å². The van der Waals surface area contributed by atoms with E-state index < -0.39 is 47.8 Å². The van der Waals surface area contributed by atoms with Crippen LogP contribution in [-0.4, -0.2) is 124 Å². The molecule has 122 heavy (non-hydrogen) atoms. The summed E-state index contributed by atoms with van der Waals surface area (Å²) >= 11 is 0. The number of benzene rings is 8. The number of carbonyl (C=O) groups excluding carboxylic acids is 12. The fourth-order valence-electron chi connectivity index (χ4n) is 11.8. The highest BCUT2D eigenvalue weighted by Gasteiger charge is 2.24. The van der Waals surface area contributed by atoms with Crippen LogP contribution in [0.3, 0.4) is 0 Å². The van der Waals surface area contributed by atoms with Gasteiger partial charge in [-0.05, 0) is 241 Å². The summed E-state index contributed by atoms with van der Waals surface area (Å²) in [4.78, 5) is 154. The van der Waals surface area contributed by atoms with Crippen molar-refractivity contribution in [3.63, 3.8) is 0 Å². The molecule has 0 atom stereocenters. The Hall–Kier alpha value is -14.9. The van der Waals surface area contributed by atoms with E-state index in [1.807, 2.05) is 0 Å². The molecule has 8 rings (SSSR count). The normalized spacial score (nSPS) is 10.8. The van der Waals surface area contributed by atoms with Gasteiger partial charge >= 0.3 is 47.8 Å². The van der Waals surface area contributed by atoms with Crippen LogP contribution in [-0.2, 0) is 83.0 Å². The number of hydrogen-bond donors (Lipinski definition) is 0. The molecule has 0 saturated heterocycles. The zero-order valence-corrected chi connectivity index (χ0v) is 67.4.